The van der Waals surface area contributed by atoms with Gasteiger partial charge in [-0.15, -0.1) is 0 Å². The first-order valence-corrected chi connectivity index (χ1v) is 7.62. The van der Waals surface area contributed by atoms with Crippen LogP contribution in [-0.4, -0.2) is 18.0 Å². The van der Waals surface area contributed by atoms with Gasteiger partial charge in [-0.3, -0.25) is 9.59 Å². The second kappa shape index (κ2) is 8.32. The highest BCUT2D eigenvalue weighted by Crippen LogP contribution is 2.15. The molecule has 2 aromatic carbocycles. The fraction of sp³-hybridized carbons (Fsp3) is 0.222. The molecular weight excluding hydrogens is 333 g/mol. The molecule has 0 spiro atoms. The summed E-state index contributed by atoms with van der Waals surface area (Å²) < 4.78 is 36.3. The van der Waals surface area contributed by atoms with Crippen LogP contribution >= 0.6 is 0 Å². The molecule has 0 saturated carbocycles. The molecule has 2 amide bonds. The Balaban J connectivity index is 1.79. The third-order valence-electron chi connectivity index (χ3n) is 3.43. The van der Waals surface area contributed by atoms with Gasteiger partial charge in [-0.25, -0.2) is 0 Å². The second-order valence-corrected chi connectivity index (χ2v) is 5.41. The van der Waals surface area contributed by atoms with Crippen molar-refractivity contribution in [2.75, 3.05) is 5.32 Å². The highest BCUT2D eigenvalue weighted by molar-refractivity contribution is 5.90. The monoisotopic (exact) mass is 350 g/mol. The number of aryl methyl sites for hydroxylation is 1. The Labute approximate surface area is 143 Å². The Kier molecular flexibility index (Phi) is 6.16. The number of anilines is 1. The zero-order valence-corrected chi connectivity index (χ0v) is 13.3. The molecule has 0 bridgehead atoms. The number of hydrogen-bond donors (Lipinski definition) is 2. The van der Waals surface area contributed by atoms with Gasteiger partial charge >= 0.3 is 12.1 Å². The lowest BCUT2D eigenvalue weighted by Gasteiger charge is -2.09. The van der Waals surface area contributed by atoms with E-state index in [-0.39, 0.29) is 12.5 Å². The lowest BCUT2D eigenvalue weighted by Crippen LogP contribution is -2.36. The van der Waals surface area contributed by atoms with E-state index in [2.05, 4.69) is 5.32 Å². The third kappa shape index (κ3) is 6.29. The van der Waals surface area contributed by atoms with Gasteiger partial charge in [0.1, 0.15) is 0 Å². The molecule has 0 aliphatic carbocycles. The number of amides is 2. The molecule has 0 fully saturated rings. The summed E-state index contributed by atoms with van der Waals surface area (Å²) in [7, 11) is 0. The van der Waals surface area contributed by atoms with Crippen LogP contribution in [0.3, 0.4) is 0 Å². The van der Waals surface area contributed by atoms with Crippen LogP contribution in [-0.2, 0) is 22.6 Å². The zero-order valence-electron chi connectivity index (χ0n) is 13.3. The van der Waals surface area contributed by atoms with Crippen molar-refractivity contribution in [2.24, 2.45) is 0 Å². The van der Waals surface area contributed by atoms with E-state index < -0.39 is 12.1 Å². The summed E-state index contributed by atoms with van der Waals surface area (Å²) in [5.41, 5.74) is 2.11. The number of nitrogens with one attached hydrogen (secondary N) is 2. The van der Waals surface area contributed by atoms with Gasteiger partial charge in [0.2, 0.25) is 5.91 Å². The van der Waals surface area contributed by atoms with Crippen molar-refractivity contribution in [3.05, 3.63) is 65.7 Å². The van der Waals surface area contributed by atoms with Gasteiger partial charge in [-0.2, -0.15) is 13.2 Å². The number of hydrogen-bond acceptors (Lipinski definition) is 2. The Morgan fingerprint density at radius 2 is 1.52 bits per heavy atom. The van der Waals surface area contributed by atoms with E-state index in [1.807, 2.05) is 30.3 Å². The van der Waals surface area contributed by atoms with Gasteiger partial charge < -0.3 is 10.6 Å². The van der Waals surface area contributed by atoms with Crippen LogP contribution in [0, 0.1) is 0 Å². The minimum absolute atomic E-state index is 0.151. The molecule has 2 rings (SSSR count). The molecule has 2 N–H and O–H groups in total. The summed E-state index contributed by atoms with van der Waals surface area (Å²) in [5, 5.41) is 4.51. The number of alkyl halides is 3. The average Bonchev–Trinajstić information content (AvgIpc) is 2.59. The Morgan fingerprint density at radius 3 is 2.12 bits per heavy atom. The first kappa shape index (κ1) is 18.5. The molecule has 4 nitrogen and oxygen atoms in total. The van der Waals surface area contributed by atoms with E-state index in [4.69, 9.17) is 0 Å². The minimum Gasteiger partial charge on any atom is -0.344 e. The molecule has 0 heterocycles. The van der Waals surface area contributed by atoms with Gasteiger partial charge in [-0.1, -0.05) is 42.5 Å². The van der Waals surface area contributed by atoms with Gasteiger partial charge in [0, 0.05) is 18.7 Å². The molecule has 0 radical (unpaired) electrons. The largest absolute Gasteiger partial charge is 0.471 e. The highest BCUT2D eigenvalue weighted by Gasteiger charge is 2.38. The molecule has 0 aliphatic heterocycles. The number of carbonyl (C=O) groups is 2. The molecule has 0 unspecified atom stereocenters. The van der Waals surface area contributed by atoms with Crippen LogP contribution in [0.1, 0.15) is 17.5 Å². The number of halogens is 3. The molecule has 0 saturated heterocycles. The molecule has 132 valence electrons. The van der Waals surface area contributed by atoms with Crippen molar-refractivity contribution in [1.82, 2.24) is 5.32 Å². The van der Waals surface area contributed by atoms with E-state index in [1.54, 1.807) is 29.6 Å². The van der Waals surface area contributed by atoms with Gasteiger partial charge in [0.05, 0.1) is 0 Å². The summed E-state index contributed by atoms with van der Waals surface area (Å²) in [5.74, 6) is -2.13. The van der Waals surface area contributed by atoms with Crippen LogP contribution < -0.4 is 10.6 Å². The summed E-state index contributed by atoms with van der Waals surface area (Å²) in [6.07, 6.45) is -3.95. The van der Waals surface area contributed by atoms with Crippen molar-refractivity contribution < 1.29 is 22.8 Å². The standard InChI is InChI=1S/C18H17F3N2O2/c19-18(20,21)17(25)22-12-14-6-9-15(10-7-14)23-16(24)11-8-13-4-2-1-3-5-13/h1-7,9-10H,8,11-12H2,(H,22,25)(H,23,24). The van der Waals surface area contributed by atoms with E-state index in [1.165, 1.54) is 0 Å². The normalized spacial score (nSPS) is 11.0. The smallest absolute Gasteiger partial charge is 0.344 e. The molecular formula is C18H17F3N2O2. The average molecular weight is 350 g/mol. The number of carbonyl (C=O) groups excluding carboxylic acids is 2. The fourth-order valence-electron chi connectivity index (χ4n) is 2.11. The lowest BCUT2D eigenvalue weighted by molar-refractivity contribution is -0.173. The molecule has 7 heteroatoms. The van der Waals surface area contributed by atoms with Gasteiger partial charge in [0.15, 0.2) is 0 Å². The second-order valence-electron chi connectivity index (χ2n) is 5.41. The summed E-state index contributed by atoms with van der Waals surface area (Å²) >= 11 is 0. The zero-order chi connectivity index (χ0) is 18.3. The maximum atomic E-state index is 12.1. The predicted octanol–water partition coefficient (Wildman–Crippen LogP) is 3.44. The summed E-state index contributed by atoms with van der Waals surface area (Å²) in [6.45, 7) is -0.236. The van der Waals surface area contributed by atoms with Crippen molar-refractivity contribution in [3.8, 4) is 0 Å². The Morgan fingerprint density at radius 1 is 0.880 bits per heavy atom. The van der Waals surface area contributed by atoms with Crippen molar-refractivity contribution >= 4 is 17.5 Å². The van der Waals surface area contributed by atoms with Crippen LogP contribution in [0.25, 0.3) is 0 Å². The molecule has 0 atom stereocenters. The number of rotatable bonds is 6. The first-order valence-electron chi connectivity index (χ1n) is 7.62. The predicted molar refractivity (Wildman–Crippen MR) is 87.7 cm³/mol. The van der Waals surface area contributed by atoms with Crippen LogP contribution in [0.4, 0.5) is 18.9 Å². The van der Waals surface area contributed by atoms with Crippen molar-refractivity contribution in [2.45, 2.75) is 25.6 Å². The number of benzene rings is 2. The van der Waals surface area contributed by atoms with E-state index >= 15 is 0 Å². The van der Waals surface area contributed by atoms with E-state index in [9.17, 15) is 22.8 Å². The van der Waals surface area contributed by atoms with Crippen molar-refractivity contribution in [1.29, 1.82) is 0 Å². The van der Waals surface area contributed by atoms with E-state index in [0.29, 0.717) is 24.1 Å². The Hall–Kier alpha value is -2.83. The highest BCUT2D eigenvalue weighted by atomic mass is 19.4. The van der Waals surface area contributed by atoms with Crippen LogP contribution in [0.15, 0.2) is 54.6 Å². The molecule has 25 heavy (non-hydrogen) atoms. The molecule has 2 aromatic rings. The topological polar surface area (TPSA) is 58.2 Å². The summed E-state index contributed by atoms with van der Waals surface area (Å²) in [6, 6.07) is 15.8. The first-order chi connectivity index (χ1) is 11.8. The molecule has 0 aliphatic rings. The van der Waals surface area contributed by atoms with Crippen molar-refractivity contribution in [3.63, 3.8) is 0 Å². The minimum atomic E-state index is -4.90. The summed E-state index contributed by atoms with van der Waals surface area (Å²) in [4.78, 5) is 22.6. The SMILES string of the molecule is O=C(CCc1ccccc1)Nc1ccc(CNC(=O)C(F)(F)F)cc1. The molecule has 0 aromatic heterocycles. The van der Waals surface area contributed by atoms with Gasteiger partial charge in [-0.05, 0) is 29.7 Å². The maximum Gasteiger partial charge on any atom is 0.471 e. The maximum absolute atomic E-state index is 12.1. The van der Waals surface area contributed by atoms with E-state index in [0.717, 1.165) is 5.56 Å². The van der Waals surface area contributed by atoms with Crippen LogP contribution in [0.5, 0.6) is 0 Å². The van der Waals surface area contributed by atoms with Gasteiger partial charge in [0.25, 0.3) is 0 Å². The lowest BCUT2D eigenvalue weighted by atomic mass is 10.1. The quantitative estimate of drug-likeness (QED) is 0.839. The van der Waals surface area contributed by atoms with Crippen LogP contribution in [0.2, 0.25) is 0 Å². The Bertz CT molecular complexity index is 713. The third-order valence-corrected chi connectivity index (χ3v) is 3.43. The fourth-order valence-corrected chi connectivity index (χ4v) is 2.11.